The van der Waals surface area contributed by atoms with Crippen LogP contribution < -0.4 is 0 Å². The van der Waals surface area contributed by atoms with Gasteiger partial charge in [-0.05, 0) is 26.2 Å². The van der Waals surface area contributed by atoms with Crippen LogP contribution in [0.2, 0.25) is 0 Å². The molecule has 1 aliphatic carbocycles. The Morgan fingerprint density at radius 1 is 1.57 bits per heavy atom. The van der Waals surface area contributed by atoms with Gasteiger partial charge in [-0.3, -0.25) is 4.79 Å². The predicted molar refractivity (Wildman–Crippen MR) is 58.3 cm³/mol. The number of thioether (sulfide) groups is 1. The molecule has 3 heteroatoms. The SMILES string of the molecule is CC1=C(O)C(C)(CC2CCC2)SC1=O. The standard InChI is InChI=1S/C11H16O2S/c1-7-9(12)11(2,14-10(7)13)6-8-4-3-5-8/h8,12H,3-6H2,1-2H3. The zero-order valence-electron chi connectivity index (χ0n) is 8.67. The molecule has 1 atom stereocenters. The van der Waals surface area contributed by atoms with Crippen LogP contribution in [-0.2, 0) is 4.79 Å². The lowest BCUT2D eigenvalue weighted by Gasteiger charge is -2.33. The van der Waals surface area contributed by atoms with Gasteiger partial charge in [0.15, 0.2) is 0 Å². The van der Waals surface area contributed by atoms with Crippen LogP contribution in [0.5, 0.6) is 0 Å². The number of rotatable bonds is 2. The molecule has 1 saturated carbocycles. The van der Waals surface area contributed by atoms with Gasteiger partial charge in [0, 0.05) is 5.57 Å². The van der Waals surface area contributed by atoms with Gasteiger partial charge in [0.2, 0.25) is 5.12 Å². The highest BCUT2D eigenvalue weighted by atomic mass is 32.2. The smallest absolute Gasteiger partial charge is 0.219 e. The van der Waals surface area contributed by atoms with Gasteiger partial charge in [-0.2, -0.15) is 0 Å². The minimum absolute atomic E-state index is 0.0457. The molecule has 1 N–H and O–H groups in total. The molecule has 0 amide bonds. The summed E-state index contributed by atoms with van der Waals surface area (Å²) in [5, 5.41) is 9.94. The Morgan fingerprint density at radius 3 is 2.57 bits per heavy atom. The summed E-state index contributed by atoms with van der Waals surface area (Å²) in [6, 6.07) is 0. The first-order valence-corrected chi connectivity index (χ1v) is 5.98. The molecule has 2 nitrogen and oxygen atoms in total. The quantitative estimate of drug-likeness (QED) is 0.764. The van der Waals surface area contributed by atoms with Crippen molar-refractivity contribution in [2.45, 2.75) is 44.3 Å². The fourth-order valence-corrected chi connectivity index (χ4v) is 3.44. The molecule has 1 aliphatic heterocycles. The van der Waals surface area contributed by atoms with Gasteiger partial charge in [0.05, 0.1) is 4.75 Å². The van der Waals surface area contributed by atoms with Crippen molar-refractivity contribution < 1.29 is 9.90 Å². The van der Waals surface area contributed by atoms with Crippen LogP contribution >= 0.6 is 11.8 Å². The minimum atomic E-state index is -0.327. The third kappa shape index (κ3) is 1.48. The zero-order valence-corrected chi connectivity index (χ0v) is 9.49. The fraction of sp³-hybridized carbons (Fsp3) is 0.727. The van der Waals surface area contributed by atoms with Crippen LogP contribution in [0, 0.1) is 5.92 Å². The first kappa shape index (κ1) is 10.1. The van der Waals surface area contributed by atoms with E-state index in [9.17, 15) is 9.90 Å². The van der Waals surface area contributed by atoms with Crippen molar-refractivity contribution in [1.29, 1.82) is 0 Å². The Balaban J connectivity index is 2.12. The van der Waals surface area contributed by atoms with Crippen LogP contribution in [0.4, 0.5) is 0 Å². The molecular weight excluding hydrogens is 196 g/mol. The molecule has 0 aromatic carbocycles. The van der Waals surface area contributed by atoms with E-state index in [1.807, 2.05) is 6.92 Å². The largest absolute Gasteiger partial charge is 0.510 e. The molecule has 0 bridgehead atoms. The van der Waals surface area contributed by atoms with Crippen molar-refractivity contribution >= 4 is 16.9 Å². The molecular formula is C11H16O2S. The summed E-state index contributed by atoms with van der Waals surface area (Å²) in [6.07, 6.45) is 4.78. The topological polar surface area (TPSA) is 37.3 Å². The Kier molecular flexibility index (Phi) is 2.38. The van der Waals surface area contributed by atoms with Crippen LogP contribution in [0.25, 0.3) is 0 Å². The second-order valence-corrected chi connectivity index (χ2v) is 6.07. The summed E-state index contributed by atoms with van der Waals surface area (Å²) in [6.45, 7) is 3.70. The number of hydrogen-bond donors (Lipinski definition) is 1. The lowest BCUT2D eigenvalue weighted by molar-refractivity contribution is -0.107. The highest BCUT2D eigenvalue weighted by molar-refractivity contribution is 8.15. The summed E-state index contributed by atoms with van der Waals surface area (Å²) >= 11 is 1.30. The Bertz CT molecular complexity index is 304. The van der Waals surface area contributed by atoms with E-state index in [0.29, 0.717) is 17.3 Å². The van der Waals surface area contributed by atoms with Crippen molar-refractivity contribution in [2.24, 2.45) is 5.92 Å². The molecule has 0 saturated heterocycles. The second kappa shape index (κ2) is 3.30. The highest BCUT2D eigenvalue weighted by Crippen LogP contribution is 2.48. The van der Waals surface area contributed by atoms with Crippen molar-refractivity contribution in [3.8, 4) is 0 Å². The molecule has 0 aromatic rings. The maximum atomic E-state index is 11.4. The van der Waals surface area contributed by atoms with E-state index >= 15 is 0 Å². The molecule has 2 rings (SSSR count). The van der Waals surface area contributed by atoms with Gasteiger partial charge in [0.1, 0.15) is 5.76 Å². The first-order chi connectivity index (χ1) is 6.53. The van der Waals surface area contributed by atoms with Crippen LogP contribution in [0.1, 0.15) is 39.5 Å². The zero-order chi connectivity index (χ0) is 10.3. The molecule has 1 heterocycles. The van der Waals surface area contributed by atoms with Crippen LogP contribution in [0.3, 0.4) is 0 Å². The normalized spacial score (nSPS) is 33.7. The van der Waals surface area contributed by atoms with Crippen LogP contribution in [0.15, 0.2) is 11.3 Å². The summed E-state index contributed by atoms with van der Waals surface area (Å²) in [5.74, 6) is 1.03. The number of hydrogen-bond acceptors (Lipinski definition) is 3. The average Bonchev–Trinajstić information content (AvgIpc) is 2.25. The van der Waals surface area contributed by atoms with E-state index in [2.05, 4.69) is 0 Å². The number of carbonyl (C=O) groups is 1. The lowest BCUT2D eigenvalue weighted by atomic mass is 9.78. The summed E-state index contributed by atoms with van der Waals surface area (Å²) in [5.41, 5.74) is 0.553. The predicted octanol–water partition coefficient (Wildman–Crippen LogP) is 3.04. The minimum Gasteiger partial charge on any atom is -0.510 e. The van der Waals surface area contributed by atoms with Gasteiger partial charge < -0.3 is 5.11 Å². The molecule has 78 valence electrons. The molecule has 1 fully saturated rings. The fourth-order valence-electron chi connectivity index (χ4n) is 2.21. The second-order valence-electron chi connectivity index (χ2n) is 4.60. The number of aliphatic hydroxyl groups excluding tert-OH is 1. The van der Waals surface area contributed by atoms with E-state index in [1.165, 1.54) is 31.0 Å². The van der Waals surface area contributed by atoms with Crippen molar-refractivity contribution in [2.75, 3.05) is 0 Å². The maximum absolute atomic E-state index is 11.4. The molecule has 14 heavy (non-hydrogen) atoms. The van der Waals surface area contributed by atoms with Gasteiger partial charge in [-0.15, -0.1) is 0 Å². The third-order valence-electron chi connectivity index (χ3n) is 3.38. The van der Waals surface area contributed by atoms with Gasteiger partial charge in [0.25, 0.3) is 0 Å². The number of aliphatic hydroxyl groups is 1. The van der Waals surface area contributed by atoms with E-state index < -0.39 is 0 Å². The number of carbonyl (C=O) groups excluding carboxylic acids is 1. The Hall–Kier alpha value is -0.440. The van der Waals surface area contributed by atoms with E-state index in [-0.39, 0.29) is 9.86 Å². The summed E-state index contributed by atoms with van der Waals surface area (Å²) in [7, 11) is 0. The summed E-state index contributed by atoms with van der Waals surface area (Å²) in [4.78, 5) is 11.4. The molecule has 0 spiro atoms. The third-order valence-corrected chi connectivity index (χ3v) is 4.69. The Labute approximate surface area is 88.8 Å². The van der Waals surface area contributed by atoms with Crippen LogP contribution in [-0.4, -0.2) is 15.0 Å². The monoisotopic (exact) mass is 212 g/mol. The van der Waals surface area contributed by atoms with Crippen molar-refractivity contribution in [1.82, 2.24) is 0 Å². The summed E-state index contributed by atoms with van der Waals surface area (Å²) < 4.78 is -0.327. The first-order valence-electron chi connectivity index (χ1n) is 5.16. The van der Waals surface area contributed by atoms with Crippen molar-refractivity contribution in [3.63, 3.8) is 0 Å². The van der Waals surface area contributed by atoms with E-state index in [1.54, 1.807) is 6.92 Å². The highest BCUT2D eigenvalue weighted by Gasteiger charge is 2.43. The molecule has 0 radical (unpaired) electrons. The molecule has 2 aliphatic rings. The van der Waals surface area contributed by atoms with Gasteiger partial charge in [-0.25, -0.2) is 0 Å². The lowest BCUT2D eigenvalue weighted by Crippen LogP contribution is -2.27. The van der Waals surface area contributed by atoms with E-state index in [4.69, 9.17) is 0 Å². The van der Waals surface area contributed by atoms with Gasteiger partial charge in [-0.1, -0.05) is 31.0 Å². The maximum Gasteiger partial charge on any atom is 0.219 e. The molecule has 1 unspecified atom stereocenters. The Morgan fingerprint density at radius 2 is 2.21 bits per heavy atom. The van der Waals surface area contributed by atoms with Gasteiger partial charge >= 0.3 is 0 Å². The van der Waals surface area contributed by atoms with Crippen molar-refractivity contribution in [3.05, 3.63) is 11.3 Å². The molecule has 0 aromatic heterocycles. The van der Waals surface area contributed by atoms with E-state index in [0.717, 1.165) is 6.42 Å². The average molecular weight is 212 g/mol.